The smallest absolute Gasteiger partial charge is 0.191 e. The number of rotatable bonds is 4. The van der Waals surface area contributed by atoms with E-state index in [0.29, 0.717) is 6.10 Å². The predicted molar refractivity (Wildman–Crippen MR) is 78.4 cm³/mol. The van der Waals surface area contributed by atoms with Gasteiger partial charge in [-0.1, -0.05) is 24.3 Å². The molecule has 104 valence electrons. The minimum absolute atomic E-state index is 0.331. The number of nitrogens with one attached hydrogen (secondary N) is 2. The van der Waals surface area contributed by atoms with E-state index in [1.165, 1.54) is 17.5 Å². The van der Waals surface area contributed by atoms with Crippen molar-refractivity contribution in [3.63, 3.8) is 0 Å². The Balaban J connectivity index is 1.78. The minimum Gasteiger partial charge on any atom is -0.376 e. The normalized spacial score (nSPS) is 19.5. The summed E-state index contributed by atoms with van der Waals surface area (Å²) in [6.07, 6.45) is 2.64. The number of ether oxygens (including phenoxy) is 1. The van der Waals surface area contributed by atoms with Crippen LogP contribution in [-0.4, -0.2) is 32.3 Å². The molecule has 1 heterocycles. The molecule has 1 atom stereocenters. The number of benzene rings is 1. The highest BCUT2D eigenvalue weighted by Crippen LogP contribution is 2.10. The van der Waals surface area contributed by atoms with E-state index in [2.05, 4.69) is 46.8 Å². The van der Waals surface area contributed by atoms with Crippen LogP contribution in [0.1, 0.15) is 24.0 Å². The number of hydrogen-bond acceptors (Lipinski definition) is 2. The van der Waals surface area contributed by atoms with Gasteiger partial charge >= 0.3 is 0 Å². The standard InChI is InChI=1S/C15H23N3O/c1-12-6-3-4-7-13(12)10-17-15(16-2)18-11-14-8-5-9-19-14/h3-4,6-7,14H,5,8-11H2,1-2H3,(H2,16,17,18). The lowest BCUT2D eigenvalue weighted by Gasteiger charge is -2.15. The molecular formula is C15H23N3O. The molecule has 0 aromatic heterocycles. The summed E-state index contributed by atoms with van der Waals surface area (Å²) in [6.45, 7) is 4.63. The summed E-state index contributed by atoms with van der Waals surface area (Å²) in [4.78, 5) is 4.23. The first-order chi connectivity index (χ1) is 9.29. The first-order valence-electron chi connectivity index (χ1n) is 6.90. The molecule has 0 amide bonds. The van der Waals surface area contributed by atoms with Gasteiger partial charge in [0.1, 0.15) is 0 Å². The van der Waals surface area contributed by atoms with Crippen LogP contribution >= 0.6 is 0 Å². The minimum atomic E-state index is 0.331. The largest absolute Gasteiger partial charge is 0.376 e. The molecule has 1 saturated heterocycles. The fourth-order valence-corrected chi connectivity index (χ4v) is 2.22. The zero-order valence-corrected chi connectivity index (χ0v) is 11.8. The third-order valence-electron chi connectivity index (χ3n) is 3.45. The Bertz CT molecular complexity index is 425. The topological polar surface area (TPSA) is 45.7 Å². The monoisotopic (exact) mass is 261 g/mol. The van der Waals surface area contributed by atoms with E-state index < -0.39 is 0 Å². The van der Waals surface area contributed by atoms with Crippen molar-refractivity contribution in [1.29, 1.82) is 0 Å². The zero-order chi connectivity index (χ0) is 13.5. The highest BCUT2D eigenvalue weighted by Gasteiger charge is 2.15. The first-order valence-corrected chi connectivity index (χ1v) is 6.90. The molecule has 4 heteroatoms. The van der Waals surface area contributed by atoms with Crippen LogP contribution < -0.4 is 10.6 Å². The number of hydrogen-bond donors (Lipinski definition) is 2. The molecule has 1 unspecified atom stereocenters. The van der Waals surface area contributed by atoms with Crippen molar-refractivity contribution >= 4 is 5.96 Å². The third-order valence-corrected chi connectivity index (χ3v) is 3.45. The van der Waals surface area contributed by atoms with Crippen molar-refractivity contribution in [2.45, 2.75) is 32.4 Å². The van der Waals surface area contributed by atoms with Crippen molar-refractivity contribution in [1.82, 2.24) is 10.6 Å². The summed E-state index contributed by atoms with van der Waals surface area (Å²) in [5.74, 6) is 0.832. The van der Waals surface area contributed by atoms with Crippen LogP contribution in [0.3, 0.4) is 0 Å². The molecule has 1 aromatic rings. The Kier molecular flexibility index (Phi) is 5.21. The van der Waals surface area contributed by atoms with Crippen LogP contribution in [0.25, 0.3) is 0 Å². The molecule has 0 radical (unpaired) electrons. The molecule has 1 fully saturated rings. The second-order valence-corrected chi connectivity index (χ2v) is 4.87. The fourth-order valence-electron chi connectivity index (χ4n) is 2.22. The Morgan fingerprint density at radius 2 is 2.21 bits per heavy atom. The van der Waals surface area contributed by atoms with Crippen molar-refractivity contribution in [3.8, 4) is 0 Å². The van der Waals surface area contributed by atoms with Gasteiger partial charge in [-0.05, 0) is 30.9 Å². The first kappa shape index (κ1) is 13.9. The molecule has 19 heavy (non-hydrogen) atoms. The predicted octanol–water partition coefficient (Wildman–Crippen LogP) is 1.84. The van der Waals surface area contributed by atoms with Gasteiger partial charge in [0.05, 0.1) is 6.10 Å². The summed E-state index contributed by atoms with van der Waals surface area (Å²) in [5, 5.41) is 6.65. The highest BCUT2D eigenvalue weighted by atomic mass is 16.5. The SMILES string of the molecule is CN=C(NCc1ccccc1C)NCC1CCCO1. The molecule has 2 rings (SSSR count). The van der Waals surface area contributed by atoms with Crippen LogP contribution in [0.4, 0.5) is 0 Å². The van der Waals surface area contributed by atoms with Gasteiger partial charge in [0.25, 0.3) is 0 Å². The number of aliphatic imine (C=N–C) groups is 1. The molecule has 2 N–H and O–H groups in total. The quantitative estimate of drug-likeness (QED) is 0.642. The van der Waals surface area contributed by atoms with E-state index in [-0.39, 0.29) is 0 Å². The lowest BCUT2D eigenvalue weighted by Crippen LogP contribution is -2.40. The van der Waals surface area contributed by atoms with Crippen molar-refractivity contribution in [3.05, 3.63) is 35.4 Å². The lowest BCUT2D eigenvalue weighted by molar-refractivity contribution is 0.114. The van der Waals surface area contributed by atoms with Gasteiger partial charge in [0, 0.05) is 26.7 Å². The van der Waals surface area contributed by atoms with Crippen molar-refractivity contribution in [2.75, 3.05) is 20.2 Å². The van der Waals surface area contributed by atoms with Crippen LogP contribution in [-0.2, 0) is 11.3 Å². The zero-order valence-electron chi connectivity index (χ0n) is 11.8. The maximum Gasteiger partial charge on any atom is 0.191 e. The molecule has 1 aliphatic heterocycles. The summed E-state index contributed by atoms with van der Waals surface area (Å²) in [5.41, 5.74) is 2.59. The van der Waals surface area contributed by atoms with E-state index in [1.54, 1.807) is 7.05 Å². The highest BCUT2D eigenvalue weighted by molar-refractivity contribution is 5.79. The molecule has 0 spiro atoms. The van der Waals surface area contributed by atoms with Crippen molar-refractivity contribution < 1.29 is 4.74 Å². The van der Waals surface area contributed by atoms with E-state index in [1.807, 2.05) is 0 Å². The van der Waals surface area contributed by atoms with Crippen LogP contribution in [0, 0.1) is 6.92 Å². The Morgan fingerprint density at radius 1 is 1.37 bits per heavy atom. The van der Waals surface area contributed by atoms with Crippen LogP contribution in [0.5, 0.6) is 0 Å². The second kappa shape index (κ2) is 7.14. The number of nitrogens with zero attached hydrogens (tertiary/aromatic N) is 1. The molecular weight excluding hydrogens is 238 g/mol. The van der Waals surface area contributed by atoms with Crippen LogP contribution in [0.2, 0.25) is 0 Å². The van der Waals surface area contributed by atoms with Gasteiger partial charge in [-0.15, -0.1) is 0 Å². The summed E-state index contributed by atoms with van der Waals surface area (Å²) >= 11 is 0. The molecule has 0 bridgehead atoms. The molecule has 4 nitrogen and oxygen atoms in total. The number of guanidine groups is 1. The van der Waals surface area contributed by atoms with Gasteiger partial charge in [-0.3, -0.25) is 4.99 Å². The molecule has 1 aliphatic rings. The fraction of sp³-hybridized carbons (Fsp3) is 0.533. The average Bonchev–Trinajstić information content (AvgIpc) is 2.94. The third kappa shape index (κ3) is 4.24. The Morgan fingerprint density at radius 3 is 2.89 bits per heavy atom. The van der Waals surface area contributed by atoms with Gasteiger partial charge in [-0.25, -0.2) is 0 Å². The van der Waals surface area contributed by atoms with Gasteiger partial charge in [-0.2, -0.15) is 0 Å². The Hall–Kier alpha value is -1.55. The van der Waals surface area contributed by atoms with E-state index in [0.717, 1.165) is 32.1 Å². The number of aryl methyl sites for hydroxylation is 1. The van der Waals surface area contributed by atoms with Gasteiger partial charge < -0.3 is 15.4 Å². The van der Waals surface area contributed by atoms with Crippen LogP contribution in [0.15, 0.2) is 29.3 Å². The van der Waals surface area contributed by atoms with Gasteiger partial charge in [0.15, 0.2) is 5.96 Å². The van der Waals surface area contributed by atoms with Gasteiger partial charge in [0.2, 0.25) is 0 Å². The van der Waals surface area contributed by atoms with Crippen molar-refractivity contribution in [2.24, 2.45) is 4.99 Å². The maximum absolute atomic E-state index is 5.58. The average molecular weight is 261 g/mol. The molecule has 0 aliphatic carbocycles. The molecule has 0 saturated carbocycles. The summed E-state index contributed by atoms with van der Waals surface area (Å²) < 4.78 is 5.58. The Labute approximate surface area is 115 Å². The molecule has 1 aromatic carbocycles. The van der Waals surface area contributed by atoms with E-state index in [9.17, 15) is 0 Å². The van der Waals surface area contributed by atoms with E-state index >= 15 is 0 Å². The summed E-state index contributed by atoms with van der Waals surface area (Å²) in [7, 11) is 1.79. The summed E-state index contributed by atoms with van der Waals surface area (Å²) in [6, 6.07) is 8.38. The van der Waals surface area contributed by atoms with E-state index in [4.69, 9.17) is 4.74 Å². The second-order valence-electron chi connectivity index (χ2n) is 4.87. The lowest BCUT2D eigenvalue weighted by atomic mass is 10.1. The maximum atomic E-state index is 5.58.